The fraction of sp³-hybridized carbons (Fsp3) is 0.364. The molecule has 80 valence electrons. The fourth-order valence-corrected chi connectivity index (χ4v) is 1.92. The van der Waals surface area contributed by atoms with E-state index < -0.39 is 0 Å². The van der Waals surface area contributed by atoms with Crippen LogP contribution in [0.15, 0.2) is 24.3 Å². The molecule has 15 heavy (non-hydrogen) atoms. The van der Waals surface area contributed by atoms with Crippen LogP contribution in [0.4, 0.5) is 4.79 Å². The Morgan fingerprint density at radius 1 is 1.53 bits per heavy atom. The minimum atomic E-state index is -0.262. The molecule has 0 aliphatic carbocycles. The Kier molecular flexibility index (Phi) is 2.82. The number of benzene rings is 1. The first-order chi connectivity index (χ1) is 7.22. The minimum absolute atomic E-state index is 0.230. The van der Waals surface area contributed by atoms with Crippen molar-refractivity contribution in [2.75, 3.05) is 13.1 Å². The van der Waals surface area contributed by atoms with Gasteiger partial charge in [-0.2, -0.15) is 0 Å². The number of likely N-dealkylation sites (N-methyl/N-ethyl adjacent to an activating group) is 1. The van der Waals surface area contributed by atoms with Gasteiger partial charge in [0.15, 0.2) is 0 Å². The standard InChI is InChI=1S/C11H12ClNO2/c1-2-13-7-10(15-11(13)14)8-5-3-4-6-9(8)12/h3-6,10H,2,7H2,1H3. The molecule has 2 rings (SSSR count). The number of hydrogen-bond acceptors (Lipinski definition) is 2. The van der Waals surface area contributed by atoms with Gasteiger partial charge in [0.1, 0.15) is 6.10 Å². The van der Waals surface area contributed by atoms with Crippen molar-refractivity contribution in [2.45, 2.75) is 13.0 Å². The van der Waals surface area contributed by atoms with Gasteiger partial charge in [-0.15, -0.1) is 0 Å². The topological polar surface area (TPSA) is 29.5 Å². The molecule has 0 bridgehead atoms. The molecule has 1 amide bonds. The van der Waals surface area contributed by atoms with Gasteiger partial charge >= 0.3 is 6.09 Å². The lowest BCUT2D eigenvalue weighted by Gasteiger charge is -2.10. The van der Waals surface area contributed by atoms with Gasteiger partial charge in [-0.05, 0) is 13.0 Å². The van der Waals surface area contributed by atoms with Gasteiger partial charge in [0, 0.05) is 17.1 Å². The molecule has 0 saturated carbocycles. The third-order valence-corrected chi connectivity index (χ3v) is 2.87. The molecule has 1 unspecified atom stereocenters. The highest BCUT2D eigenvalue weighted by atomic mass is 35.5. The summed E-state index contributed by atoms with van der Waals surface area (Å²) in [6.45, 7) is 3.18. The summed E-state index contributed by atoms with van der Waals surface area (Å²) in [5.41, 5.74) is 0.878. The summed E-state index contributed by atoms with van der Waals surface area (Å²) in [5, 5.41) is 0.647. The zero-order chi connectivity index (χ0) is 10.8. The van der Waals surface area contributed by atoms with Crippen LogP contribution < -0.4 is 0 Å². The van der Waals surface area contributed by atoms with Gasteiger partial charge in [0.25, 0.3) is 0 Å². The van der Waals surface area contributed by atoms with E-state index in [0.29, 0.717) is 18.1 Å². The Labute approximate surface area is 93.6 Å². The normalized spacial score (nSPS) is 20.5. The minimum Gasteiger partial charge on any atom is -0.439 e. The number of carbonyl (C=O) groups excluding carboxylic acids is 1. The van der Waals surface area contributed by atoms with Crippen LogP contribution in [0.3, 0.4) is 0 Å². The van der Waals surface area contributed by atoms with Crippen molar-refractivity contribution in [3.63, 3.8) is 0 Å². The Morgan fingerprint density at radius 2 is 2.27 bits per heavy atom. The summed E-state index contributed by atoms with van der Waals surface area (Å²) in [5.74, 6) is 0. The highest BCUT2D eigenvalue weighted by molar-refractivity contribution is 6.31. The monoisotopic (exact) mass is 225 g/mol. The lowest BCUT2D eigenvalue weighted by atomic mass is 10.1. The van der Waals surface area contributed by atoms with E-state index in [0.717, 1.165) is 5.56 Å². The first-order valence-corrected chi connectivity index (χ1v) is 5.30. The number of cyclic esters (lactones) is 1. The lowest BCUT2D eigenvalue weighted by molar-refractivity contribution is 0.133. The molecule has 1 aliphatic heterocycles. The van der Waals surface area contributed by atoms with Gasteiger partial charge in [-0.3, -0.25) is 0 Å². The Morgan fingerprint density at radius 3 is 2.87 bits per heavy atom. The van der Waals surface area contributed by atoms with Crippen molar-refractivity contribution in [2.24, 2.45) is 0 Å². The van der Waals surface area contributed by atoms with Crippen LogP contribution in [0.1, 0.15) is 18.6 Å². The van der Waals surface area contributed by atoms with Crippen LogP contribution in [0.25, 0.3) is 0 Å². The van der Waals surface area contributed by atoms with Crippen molar-refractivity contribution >= 4 is 17.7 Å². The van der Waals surface area contributed by atoms with Crippen molar-refractivity contribution in [3.05, 3.63) is 34.9 Å². The molecule has 1 aromatic rings. The molecule has 1 heterocycles. The van der Waals surface area contributed by atoms with E-state index in [-0.39, 0.29) is 12.2 Å². The van der Waals surface area contributed by atoms with E-state index >= 15 is 0 Å². The van der Waals surface area contributed by atoms with Gasteiger partial charge < -0.3 is 9.64 Å². The van der Waals surface area contributed by atoms with E-state index in [9.17, 15) is 4.79 Å². The van der Waals surface area contributed by atoms with Crippen LogP contribution in [-0.2, 0) is 4.74 Å². The summed E-state index contributed by atoms with van der Waals surface area (Å²) in [6, 6.07) is 7.45. The smallest absolute Gasteiger partial charge is 0.410 e. The van der Waals surface area contributed by atoms with E-state index in [1.54, 1.807) is 11.0 Å². The van der Waals surface area contributed by atoms with Gasteiger partial charge in [0.2, 0.25) is 0 Å². The number of ether oxygens (including phenoxy) is 1. The number of amides is 1. The highest BCUT2D eigenvalue weighted by Gasteiger charge is 2.31. The number of rotatable bonds is 2. The molecular formula is C11H12ClNO2. The average molecular weight is 226 g/mol. The molecule has 1 saturated heterocycles. The second kappa shape index (κ2) is 4.11. The van der Waals surface area contributed by atoms with E-state index in [4.69, 9.17) is 16.3 Å². The second-order valence-corrected chi connectivity index (χ2v) is 3.84. The summed E-state index contributed by atoms with van der Waals surface area (Å²) in [4.78, 5) is 13.0. The summed E-state index contributed by atoms with van der Waals surface area (Å²) in [7, 11) is 0. The average Bonchev–Trinajstić information content (AvgIpc) is 2.60. The van der Waals surface area contributed by atoms with E-state index in [2.05, 4.69) is 0 Å². The molecule has 4 heteroatoms. The summed E-state index contributed by atoms with van der Waals surface area (Å²) < 4.78 is 5.23. The molecule has 3 nitrogen and oxygen atoms in total. The maximum atomic E-state index is 11.4. The lowest BCUT2D eigenvalue weighted by Crippen LogP contribution is -2.23. The summed E-state index contributed by atoms with van der Waals surface area (Å²) in [6.07, 6.45) is -0.492. The fourth-order valence-electron chi connectivity index (χ4n) is 1.66. The predicted molar refractivity (Wildman–Crippen MR) is 57.9 cm³/mol. The SMILES string of the molecule is CCN1CC(c2ccccc2Cl)OC1=O. The Bertz CT molecular complexity index is 381. The summed E-state index contributed by atoms with van der Waals surface area (Å²) >= 11 is 6.03. The second-order valence-electron chi connectivity index (χ2n) is 3.43. The molecule has 1 aromatic carbocycles. The van der Waals surface area contributed by atoms with Crippen molar-refractivity contribution in [3.8, 4) is 0 Å². The molecule has 1 atom stereocenters. The molecular weight excluding hydrogens is 214 g/mol. The van der Waals surface area contributed by atoms with Gasteiger partial charge in [-0.1, -0.05) is 29.8 Å². The highest BCUT2D eigenvalue weighted by Crippen LogP contribution is 2.30. The molecule has 0 aromatic heterocycles. The quantitative estimate of drug-likeness (QED) is 0.775. The van der Waals surface area contributed by atoms with Crippen LogP contribution in [0.2, 0.25) is 5.02 Å². The first kappa shape index (κ1) is 10.3. The molecule has 1 aliphatic rings. The van der Waals surface area contributed by atoms with Crippen molar-refractivity contribution in [1.29, 1.82) is 0 Å². The van der Waals surface area contributed by atoms with Crippen molar-refractivity contribution in [1.82, 2.24) is 4.90 Å². The first-order valence-electron chi connectivity index (χ1n) is 4.92. The predicted octanol–water partition coefficient (Wildman–Crippen LogP) is 2.85. The maximum Gasteiger partial charge on any atom is 0.410 e. The third kappa shape index (κ3) is 1.92. The zero-order valence-corrected chi connectivity index (χ0v) is 9.20. The Hall–Kier alpha value is -1.22. The van der Waals surface area contributed by atoms with Crippen LogP contribution in [-0.4, -0.2) is 24.1 Å². The van der Waals surface area contributed by atoms with Gasteiger partial charge in [-0.25, -0.2) is 4.79 Å². The largest absolute Gasteiger partial charge is 0.439 e. The van der Waals surface area contributed by atoms with Crippen LogP contribution in [0.5, 0.6) is 0 Å². The van der Waals surface area contributed by atoms with E-state index in [1.807, 2.05) is 25.1 Å². The van der Waals surface area contributed by atoms with Crippen molar-refractivity contribution < 1.29 is 9.53 Å². The molecule has 1 fully saturated rings. The number of hydrogen-bond donors (Lipinski definition) is 0. The van der Waals surface area contributed by atoms with E-state index in [1.165, 1.54) is 0 Å². The number of halogens is 1. The maximum absolute atomic E-state index is 11.4. The van der Waals surface area contributed by atoms with Gasteiger partial charge in [0.05, 0.1) is 6.54 Å². The van der Waals surface area contributed by atoms with Crippen LogP contribution in [0, 0.1) is 0 Å². The number of nitrogens with zero attached hydrogens (tertiary/aromatic N) is 1. The molecule has 0 radical (unpaired) electrons. The van der Waals surface area contributed by atoms with Crippen LogP contribution >= 0.6 is 11.6 Å². The number of carbonyl (C=O) groups is 1. The third-order valence-electron chi connectivity index (χ3n) is 2.52. The molecule has 0 spiro atoms. The zero-order valence-electron chi connectivity index (χ0n) is 8.44. The molecule has 0 N–H and O–H groups in total. The Balaban J connectivity index is 2.21.